The number of aromatic nitrogens is 2. The fourth-order valence-electron chi connectivity index (χ4n) is 2.81. The molecule has 1 amide bonds. The van der Waals surface area contributed by atoms with Crippen LogP contribution in [0.3, 0.4) is 0 Å². The van der Waals surface area contributed by atoms with Gasteiger partial charge in [0.25, 0.3) is 5.69 Å². The first kappa shape index (κ1) is 23.2. The van der Waals surface area contributed by atoms with Crippen molar-refractivity contribution in [2.24, 2.45) is 0 Å². The van der Waals surface area contributed by atoms with E-state index in [9.17, 15) is 14.9 Å². The standard InChI is InChI=1S/C23H19N5O4S2/c1-15(21(29)24-17-6-5-7-18(14-17)28(30)31)33-23-27-26-22(34-23)25-16-10-12-20(13-11-16)32-19-8-3-2-4-9-19/h2-15H,1H3,(H,24,29)(H,25,26). The Morgan fingerprint density at radius 2 is 1.74 bits per heavy atom. The summed E-state index contributed by atoms with van der Waals surface area (Å²) in [6.07, 6.45) is 0. The molecule has 1 aromatic heterocycles. The molecule has 0 saturated heterocycles. The molecule has 0 aliphatic rings. The molecule has 1 atom stereocenters. The van der Waals surface area contributed by atoms with Gasteiger partial charge < -0.3 is 15.4 Å². The van der Waals surface area contributed by atoms with Gasteiger partial charge in [0, 0.05) is 23.5 Å². The van der Waals surface area contributed by atoms with Gasteiger partial charge >= 0.3 is 0 Å². The molecule has 0 radical (unpaired) electrons. The Kier molecular flexibility index (Phi) is 7.35. The van der Waals surface area contributed by atoms with Crippen molar-refractivity contribution in [1.29, 1.82) is 0 Å². The number of anilines is 3. The van der Waals surface area contributed by atoms with E-state index in [2.05, 4.69) is 20.8 Å². The molecule has 4 rings (SSSR count). The van der Waals surface area contributed by atoms with Crippen LogP contribution in [0.5, 0.6) is 11.5 Å². The van der Waals surface area contributed by atoms with Crippen LogP contribution in [0.1, 0.15) is 6.92 Å². The third kappa shape index (κ3) is 6.30. The van der Waals surface area contributed by atoms with Crippen LogP contribution in [-0.2, 0) is 4.79 Å². The van der Waals surface area contributed by atoms with Crippen LogP contribution in [0, 0.1) is 10.1 Å². The van der Waals surface area contributed by atoms with Gasteiger partial charge in [0.1, 0.15) is 11.5 Å². The zero-order valence-electron chi connectivity index (χ0n) is 17.9. The van der Waals surface area contributed by atoms with E-state index in [-0.39, 0.29) is 11.6 Å². The normalized spacial score (nSPS) is 11.4. The third-order valence-electron chi connectivity index (χ3n) is 4.46. The fraction of sp³-hybridized carbons (Fsp3) is 0.0870. The van der Waals surface area contributed by atoms with Gasteiger partial charge in [0.15, 0.2) is 4.34 Å². The molecule has 9 nitrogen and oxygen atoms in total. The number of rotatable bonds is 9. The summed E-state index contributed by atoms with van der Waals surface area (Å²) < 4.78 is 6.41. The second-order valence-corrected chi connectivity index (χ2v) is 9.56. The topological polar surface area (TPSA) is 119 Å². The Hall–Kier alpha value is -3.96. The van der Waals surface area contributed by atoms with E-state index >= 15 is 0 Å². The number of para-hydroxylation sites is 1. The Morgan fingerprint density at radius 1 is 1.00 bits per heavy atom. The SMILES string of the molecule is CC(Sc1nnc(Nc2ccc(Oc3ccccc3)cc2)s1)C(=O)Nc1cccc([N+](=O)[O-])c1. The summed E-state index contributed by atoms with van der Waals surface area (Å²) in [5.41, 5.74) is 1.10. The highest BCUT2D eigenvalue weighted by Gasteiger charge is 2.18. The van der Waals surface area contributed by atoms with Crippen molar-refractivity contribution in [2.45, 2.75) is 16.5 Å². The molecule has 3 aromatic carbocycles. The molecule has 0 bridgehead atoms. The molecule has 11 heteroatoms. The van der Waals surface area contributed by atoms with Crippen LogP contribution in [0.25, 0.3) is 0 Å². The molecule has 0 fully saturated rings. The van der Waals surface area contributed by atoms with E-state index in [1.54, 1.807) is 13.0 Å². The van der Waals surface area contributed by atoms with Crippen LogP contribution in [0.2, 0.25) is 0 Å². The quantitative estimate of drug-likeness (QED) is 0.163. The zero-order valence-corrected chi connectivity index (χ0v) is 19.5. The van der Waals surface area contributed by atoms with Gasteiger partial charge in [-0.25, -0.2) is 0 Å². The summed E-state index contributed by atoms with van der Waals surface area (Å²) in [6.45, 7) is 1.73. The fourth-order valence-corrected chi connectivity index (χ4v) is 4.72. The maximum atomic E-state index is 12.5. The van der Waals surface area contributed by atoms with Crippen LogP contribution < -0.4 is 15.4 Å². The van der Waals surface area contributed by atoms with Gasteiger partial charge in [-0.1, -0.05) is 47.4 Å². The first-order chi connectivity index (χ1) is 16.5. The molecule has 1 heterocycles. The average Bonchev–Trinajstić information content (AvgIpc) is 3.27. The monoisotopic (exact) mass is 493 g/mol. The van der Waals surface area contributed by atoms with Crippen molar-refractivity contribution in [2.75, 3.05) is 10.6 Å². The largest absolute Gasteiger partial charge is 0.457 e. The molecule has 0 aliphatic heterocycles. The predicted molar refractivity (Wildman–Crippen MR) is 133 cm³/mol. The molecule has 0 saturated carbocycles. The van der Waals surface area contributed by atoms with Gasteiger partial charge in [-0.15, -0.1) is 10.2 Å². The van der Waals surface area contributed by atoms with Crippen molar-refractivity contribution in [3.63, 3.8) is 0 Å². The number of nitro benzene ring substituents is 1. The number of nitrogens with zero attached hydrogens (tertiary/aromatic N) is 3. The second kappa shape index (κ2) is 10.8. The van der Waals surface area contributed by atoms with Crippen molar-refractivity contribution in [3.05, 3.63) is 89.0 Å². The first-order valence-corrected chi connectivity index (χ1v) is 11.8. The summed E-state index contributed by atoms with van der Waals surface area (Å²) in [5, 5.41) is 25.1. The van der Waals surface area contributed by atoms with Crippen molar-refractivity contribution < 1.29 is 14.5 Å². The van der Waals surface area contributed by atoms with Gasteiger partial charge in [-0.2, -0.15) is 0 Å². The third-order valence-corrected chi connectivity index (χ3v) is 6.49. The van der Waals surface area contributed by atoms with Gasteiger partial charge in [-0.3, -0.25) is 14.9 Å². The number of hydrogen-bond donors (Lipinski definition) is 2. The molecule has 0 spiro atoms. The van der Waals surface area contributed by atoms with Gasteiger partial charge in [-0.05, 0) is 49.4 Å². The van der Waals surface area contributed by atoms with E-state index in [4.69, 9.17) is 4.74 Å². The number of ether oxygens (including phenoxy) is 1. The van der Waals surface area contributed by atoms with E-state index in [1.165, 1.54) is 41.3 Å². The second-order valence-electron chi connectivity index (χ2n) is 6.99. The number of thioether (sulfide) groups is 1. The van der Waals surface area contributed by atoms with Crippen LogP contribution >= 0.6 is 23.1 Å². The molecular formula is C23H19N5O4S2. The Morgan fingerprint density at radius 3 is 2.47 bits per heavy atom. The molecule has 1 unspecified atom stereocenters. The molecule has 4 aromatic rings. The zero-order chi connectivity index (χ0) is 23.9. The average molecular weight is 494 g/mol. The number of non-ortho nitro benzene ring substituents is 1. The van der Waals surface area contributed by atoms with Crippen molar-refractivity contribution in [3.8, 4) is 11.5 Å². The van der Waals surface area contributed by atoms with Gasteiger partial charge in [0.05, 0.1) is 10.2 Å². The summed E-state index contributed by atoms with van der Waals surface area (Å²) in [6, 6.07) is 22.8. The number of amides is 1. The van der Waals surface area contributed by atoms with E-state index in [0.717, 1.165) is 11.4 Å². The number of nitrogens with one attached hydrogen (secondary N) is 2. The molecule has 172 valence electrons. The molecule has 2 N–H and O–H groups in total. The maximum Gasteiger partial charge on any atom is 0.271 e. The smallest absolute Gasteiger partial charge is 0.271 e. The van der Waals surface area contributed by atoms with E-state index in [0.29, 0.717) is 20.9 Å². The van der Waals surface area contributed by atoms with Crippen LogP contribution in [0.4, 0.5) is 22.2 Å². The number of hydrogen-bond acceptors (Lipinski definition) is 9. The number of benzene rings is 3. The number of nitro groups is 1. The Bertz CT molecular complexity index is 1280. The summed E-state index contributed by atoms with van der Waals surface area (Å²) >= 11 is 2.58. The molecule has 34 heavy (non-hydrogen) atoms. The minimum atomic E-state index is -0.506. The minimum absolute atomic E-state index is 0.0855. The first-order valence-electron chi connectivity index (χ1n) is 10.1. The highest BCUT2D eigenvalue weighted by Crippen LogP contribution is 2.32. The van der Waals surface area contributed by atoms with Crippen LogP contribution in [0.15, 0.2) is 83.2 Å². The molecular weight excluding hydrogens is 474 g/mol. The maximum absolute atomic E-state index is 12.5. The van der Waals surface area contributed by atoms with E-state index < -0.39 is 10.2 Å². The Balaban J connectivity index is 1.31. The number of carbonyl (C=O) groups excluding carboxylic acids is 1. The minimum Gasteiger partial charge on any atom is -0.457 e. The lowest BCUT2D eigenvalue weighted by Gasteiger charge is -2.10. The molecule has 0 aliphatic carbocycles. The van der Waals surface area contributed by atoms with Crippen molar-refractivity contribution in [1.82, 2.24) is 10.2 Å². The lowest BCUT2D eigenvalue weighted by atomic mass is 10.2. The highest BCUT2D eigenvalue weighted by atomic mass is 32.2. The van der Waals surface area contributed by atoms with Gasteiger partial charge in [0.2, 0.25) is 11.0 Å². The Labute approximate surface area is 203 Å². The lowest BCUT2D eigenvalue weighted by Crippen LogP contribution is -2.22. The van der Waals surface area contributed by atoms with Crippen molar-refractivity contribution >= 4 is 51.2 Å². The summed E-state index contributed by atoms with van der Waals surface area (Å²) in [7, 11) is 0. The van der Waals surface area contributed by atoms with Crippen LogP contribution in [-0.4, -0.2) is 26.3 Å². The lowest BCUT2D eigenvalue weighted by molar-refractivity contribution is -0.384. The summed E-state index contributed by atoms with van der Waals surface area (Å²) in [5.74, 6) is 1.19. The number of carbonyl (C=O) groups is 1. The summed E-state index contributed by atoms with van der Waals surface area (Å²) in [4.78, 5) is 22.9. The highest BCUT2D eigenvalue weighted by molar-refractivity contribution is 8.02. The van der Waals surface area contributed by atoms with E-state index in [1.807, 2.05) is 54.6 Å². The predicted octanol–water partition coefficient (Wildman–Crippen LogP) is 6.10.